The zero-order chi connectivity index (χ0) is 16.9. The molecule has 0 heterocycles. The van der Waals surface area contributed by atoms with Gasteiger partial charge in [0.15, 0.2) is 11.5 Å². The van der Waals surface area contributed by atoms with Gasteiger partial charge in [0.25, 0.3) is 0 Å². The van der Waals surface area contributed by atoms with E-state index < -0.39 is 30.2 Å². The van der Waals surface area contributed by atoms with Crippen LogP contribution in [0.15, 0.2) is 18.2 Å². The number of benzene rings is 1. The van der Waals surface area contributed by atoms with E-state index in [0.717, 1.165) is 0 Å². The fourth-order valence-corrected chi connectivity index (χ4v) is 1.76. The van der Waals surface area contributed by atoms with Crippen LogP contribution in [0.4, 0.5) is 0 Å². The number of phenols is 2. The molecular weight excluding hydrogens is 290 g/mol. The van der Waals surface area contributed by atoms with Gasteiger partial charge in [0, 0.05) is 6.92 Å². The Morgan fingerprint density at radius 1 is 1.14 bits per heavy atom. The molecule has 0 aromatic heterocycles. The molecule has 0 unspecified atom stereocenters. The molecule has 4 N–H and O–H groups in total. The zero-order valence-corrected chi connectivity index (χ0v) is 12.8. The predicted molar refractivity (Wildman–Crippen MR) is 78.2 cm³/mol. The zero-order valence-electron chi connectivity index (χ0n) is 12.8. The van der Waals surface area contributed by atoms with Gasteiger partial charge in [-0.1, -0.05) is 6.07 Å². The number of ether oxygens (including phenoxy) is 2. The molecule has 0 spiro atoms. The second-order valence-electron chi connectivity index (χ2n) is 5.09. The lowest BCUT2D eigenvalue weighted by Crippen LogP contribution is -2.39. The Bertz CT molecular complexity index is 545. The molecule has 0 saturated heterocycles. The summed E-state index contributed by atoms with van der Waals surface area (Å²) in [6.45, 7) is 4.49. The molecule has 0 radical (unpaired) electrons. The summed E-state index contributed by atoms with van der Waals surface area (Å²) in [6, 6.07) is 3.25. The normalized spacial score (nSPS) is 14.7. The molecule has 0 aliphatic carbocycles. The molecule has 7 nitrogen and oxygen atoms in total. The molecule has 0 saturated carbocycles. The topological polar surface area (TPSA) is 119 Å². The van der Waals surface area contributed by atoms with Crippen LogP contribution in [0.3, 0.4) is 0 Å². The van der Waals surface area contributed by atoms with Crippen molar-refractivity contribution in [3.05, 3.63) is 23.8 Å². The average molecular weight is 311 g/mol. The molecule has 22 heavy (non-hydrogen) atoms. The Labute approximate surface area is 128 Å². The van der Waals surface area contributed by atoms with Crippen LogP contribution in [-0.4, -0.2) is 40.4 Å². The van der Waals surface area contributed by atoms with E-state index in [1.807, 2.05) is 0 Å². The Balaban J connectivity index is 2.57. The first-order chi connectivity index (χ1) is 10.2. The minimum atomic E-state index is -0.934. The molecule has 7 heteroatoms. The van der Waals surface area contributed by atoms with Crippen molar-refractivity contribution in [2.24, 2.45) is 5.73 Å². The summed E-state index contributed by atoms with van der Waals surface area (Å²) in [5.41, 5.74) is 6.34. The maximum Gasteiger partial charge on any atom is 0.323 e. The van der Waals surface area contributed by atoms with E-state index in [1.165, 1.54) is 19.1 Å². The first kappa shape index (κ1) is 17.8. The van der Waals surface area contributed by atoms with Gasteiger partial charge in [0.2, 0.25) is 0 Å². The van der Waals surface area contributed by atoms with Crippen molar-refractivity contribution in [3.8, 4) is 11.5 Å². The lowest BCUT2D eigenvalue weighted by atomic mass is 10.1. The van der Waals surface area contributed by atoms with Crippen molar-refractivity contribution in [2.75, 3.05) is 0 Å². The molecule has 3 atom stereocenters. The summed E-state index contributed by atoms with van der Waals surface area (Å²) in [7, 11) is 0. The van der Waals surface area contributed by atoms with Crippen molar-refractivity contribution in [3.63, 3.8) is 0 Å². The lowest BCUT2D eigenvalue weighted by molar-refractivity contribution is -0.164. The Morgan fingerprint density at radius 2 is 1.73 bits per heavy atom. The minimum Gasteiger partial charge on any atom is -0.504 e. The molecule has 0 aliphatic rings. The van der Waals surface area contributed by atoms with Crippen molar-refractivity contribution in [1.29, 1.82) is 0 Å². The second-order valence-corrected chi connectivity index (χ2v) is 5.09. The van der Waals surface area contributed by atoms with Crippen molar-refractivity contribution in [2.45, 2.75) is 45.4 Å². The number of carbonyl (C=O) groups is 2. The summed E-state index contributed by atoms with van der Waals surface area (Å²) >= 11 is 0. The summed E-state index contributed by atoms with van der Waals surface area (Å²) in [6.07, 6.45) is -1.07. The monoisotopic (exact) mass is 311 g/mol. The smallest absolute Gasteiger partial charge is 0.323 e. The van der Waals surface area contributed by atoms with Crippen LogP contribution in [0.5, 0.6) is 11.5 Å². The van der Waals surface area contributed by atoms with E-state index in [0.29, 0.717) is 5.56 Å². The van der Waals surface area contributed by atoms with Gasteiger partial charge in [-0.25, -0.2) is 0 Å². The van der Waals surface area contributed by atoms with Gasteiger partial charge in [0.1, 0.15) is 18.2 Å². The third-order valence-corrected chi connectivity index (χ3v) is 3.11. The number of esters is 2. The number of phenolic OH excluding ortho intramolecular Hbond substituents is 2. The maximum atomic E-state index is 11.9. The number of carbonyl (C=O) groups excluding carboxylic acids is 2. The number of rotatable bonds is 6. The fraction of sp³-hybridized carbons (Fsp3) is 0.467. The second kappa shape index (κ2) is 7.65. The number of hydrogen-bond acceptors (Lipinski definition) is 7. The molecule has 0 amide bonds. The van der Waals surface area contributed by atoms with Crippen LogP contribution in [0.1, 0.15) is 26.3 Å². The van der Waals surface area contributed by atoms with Gasteiger partial charge in [-0.2, -0.15) is 0 Å². The standard InChI is InChI=1S/C15H21NO6/c1-8(21-10(3)17)9(2)22-15(20)12(16)6-11-4-5-13(18)14(19)7-11/h4-5,7-9,12,18-19H,6,16H2,1-3H3/t8-,9-,12-/m0/s1. The first-order valence-electron chi connectivity index (χ1n) is 6.84. The van der Waals surface area contributed by atoms with E-state index >= 15 is 0 Å². The molecule has 0 aliphatic heterocycles. The largest absolute Gasteiger partial charge is 0.504 e. The van der Waals surface area contributed by atoms with E-state index in [1.54, 1.807) is 19.9 Å². The van der Waals surface area contributed by atoms with Crippen molar-refractivity contribution < 1.29 is 29.3 Å². The van der Waals surface area contributed by atoms with Crippen LogP contribution in [0.2, 0.25) is 0 Å². The average Bonchev–Trinajstić information content (AvgIpc) is 2.41. The Hall–Kier alpha value is -2.28. The molecule has 122 valence electrons. The first-order valence-corrected chi connectivity index (χ1v) is 6.84. The Kier molecular flexibility index (Phi) is 6.18. The van der Waals surface area contributed by atoms with Gasteiger partial charge in [-0.3, -0.25) is 9.59 Å². The summed E-state index contributed by atoms with van der Waals surface area (Å²) in [4.78, 5) is 22.7. The lowest BCUT2D eigenvalue weighted by Gasteiger charge is -2.22. The van der Waals surface area contributed by atoms with E-state index in [-0.39, 0.29) is 17.9 Å². The summed E-state index contributed by atoms with van der Waals surface area (Å²) < 4.78 is 10.1. The molecule has 0 fully saturated rings. The Morgan fingerprint density at radius 3 is 2.27 bits per heavy atom. The van der Waals surface area contributed by atoms with Gasteiger partial charge in [-0.05, 0) is 38.0 Å². The highest BCUT2D eigenvalue weighted by Gasteiger charge is 2.23. The van der Waals surface area contributed by atoms with Crippen LogP contribution in [0, 0.1) is 0 Å². The fourth-order valence-electron chi connectivity index (χ4n) is 1.76. The quantitative estimate of drug-likeness (QED) is 0.526. The maximum absolute atomic E-state index is 11.9. The highest BCUT2D eigenvalue weighted by atomic mass is 16.6. The van der Waals surface area contributed by atoms with Crippen LogP contribution < -0.4 is 5.73 Å². The highest BCUT2D eigenvalue weighted by Crippen LogP contribution is 2.25. The van der Waals surface area contributed by atoms with Crippen LogP contribution in [0.25, 0.3) is 0 Å². The third-order valence-electron chi connectivity index (χ3n) is 3.11. The van der Waals surface area contributed by atoms with Crippen LogP contribution >= 0.6 is 0 Å². The minimum absolute atomic E-state index is 0.140. The highest BCUT2D eigenvalue weighted by molar-refractivity contribution is 5.76. The van der Waals surface area contributed by atoms with Gasteiger partial charge >= 0.3 is 11.9 Å². The molecule has 1 rings (SSSR count). The molecule has 0 bridgehead atoms. The van der Waals surface area contributed by atoms with Crippen molar-refractivity contribution in [1.82, 2.24) is 0 Å². The van der Waals surface area contributed by atoms with E-state index in [9.17, 15) is 19.8 Å². The number of nitrogens with two attached hydrogens (primary N) is 1. The van der Waals surface area contributed by atoms with E-state index in [2.05, 4.69) is 0 Å². The van der Waals surface area contributed by atoms with Gasteiger partial charge in [0.05, 0.1) is 0 Å². The van der Waals surface area contributed by atoms with Crippen molar-refractivity contribution >= 4 is 11.9 Å². The number of aromatic hydroxyl groups is 2. The summed E-state index contributed by atoms with van der Waals surface area (Å²) in [5, 5.41) is 18.6. The SMILES string of the molecule is CC(=O)O[C@@H](C)[C@H](C)OC(=O)[C@@H](N)Cc1ccc(O)c(O)c1. The number of hydrogen-bond donors (Lipinski definition) is 3. The predicted octanol–water partition coefficient (Wildman–Crippen LogP) is 0.851. The molecular formula is C15H21NO6. The summed E-state index contributed by atoms with van der Waals surface area (Å²) in [5.74, 6) is -1.63. The van der Waals surface area contributed by atoms with Gasteiger partial charge < -0.3 is 25.4 Å². The van der Waals surface area contributed by atoms with E-state index in [4.69, 9.17) is 15.2 Å². The van der Waals surface area contributed by atoms with Crippen LogP contribution in [-0.2, 0) is 25.5 Å². The van der Waals surface area contributed by atoms with Gasteiger partial charge in [-0.15, -0.1) is 0 Å². The molecule has 1 aromatic carbocycles. The third kappa shape index (κ3) is 5.25. The molecule has 1 aromatic rings.